The Morgan fingerprint density at radius 3 is 0.938 bits per heavy atom. The fourth-order valence-corrected chi connectivity index (χ4v) is 7.15. The van der Waals surface area contributed by atoms with Gasteiger partial charge in [0, 0.05) is 16.3 Å². The summed E-state index contributed by atoms with van der Waals surface area (Å²) in [6.45, 7) is 0.488. The Morgan fingerprint density at radius 1 is 0.385 bits per heavy atom. The summed E-state index contributed by atoms with van der Waals surface area (Å²) < 4.78 is 296. The van der Waals surface area contributed by atoms with E-state index in [-0.39, 0.29) is 10.7 Å². The zero-order valence-electron chi connectivity index (χ0n) is 30.9. The van der Waals surface area contributed by atoms with E-state index in [1.165, 1.54) is 0 Å². The molecule has 0 saturated carbocycles. The smallest absolute Gasteiger partial charge is 0.253 e. The summed E-state index contributed by atoms with van der Waals surface area (Å²) in [5.74, 6) is -71.3. The summed E-state index contributed by atoms with van der Waals surface area (Å²) in [7, 11) is 0. The summed E-state index contributed by atoms with van der Waals surface area (Å²) in [5, 5.41) is 13.1. The highest BCUT2D eigenvalue weighted by atomic mass is 19.2. The van der Waals surface area contributed by atoms with Gasteiger partial charge in [-0.3, -0.25) is 10.1 Å². The predicted molar refractivity (Wildman–Crippen MR) is 186 cm³/mol. The molecule has 0 bridgehead atoms. The maximum atomic E-state index is 15.4. The molecule has 0 fully saturated rings. The minimum Gasteiger partial charge on any atom is -0.253 e. The Morgan fingerprint density at radius 2 is 0.646 bits per heavy atom. The van der Waals surface area contributed by atoms with Gasteiger partial charge in [-0.25, -0.2) is 87.8 Å². The van der Waals surface area contributed by atoms with Crippen LogP contribution >= 0.6 is 0 Å². The second kappa shape index (κ2) is 17.4. The molecule has 0 atom stereocenters. The van der Waals surface area contributed by atoms with Gasteiger partial charge < -0.3 is 0 Å². The van der Waals surface area contributed by atoms with Crippen LogP contribution < -0.4 is 26.4 Å². The van der Waals surface area contributed by atoms with Crippen molar-refractivity contribution in [2.45, 2.75) is 6.54 Å². The van der Waals surface area contributed by atoms with E-state index in [0.717, 1.165) is 16.3 Å². The van der Waals surface area contributed by atoms with E-state index in [1.54, 1.807) is 10.6 Å². The van der Waals surface area contributed by atoms with Crippen molar-refractivity contribution in [3.05, 3.63) is 199 Å². The van der Waals surface area contributed by atoms with Gasteiger partial charge in [-0.1, -0.05) is 48.5 Å². The van der Waals surface area contributed by atoms with Gasteiger partial charge in [-0.15, -0.1) is 26.4 Å². The molecule has 0 aliphatic heterocycles. The molecule has 7 aromatic rings. The Kier molecular flexibility index (Phi) is 12.7. The van der Waals surface area contributed by atoms with Gasteiger partial charge in [-0.05, 0) is 6.07 Å². The molecular formula is C40H13BF20N2O2. The number of hydrogen-bond donors (Lipinski definition) is 0. The van der Waals surface area contributed by atoms with E-state index in [2.05, 4.69) is 0 Å². The van der Waals surface area contributed by atoms with Crippen LogP contribution in [0.2, 0.25) is 0 Å². The molecule has 0 aliphatic rings. The first-order chi connectivity index (χ1) is 30.4. The van der Waals surface area contributed by atoms with Crippen molar-refractivity contribution in [1.29, 1.82) is 0 Å². The number of pyridine rings is 1. The number of nitro groups is 1. The summed E-state index contributed by atoms with van der Waals surface area (Å²) in [6, 6.07) is 19.0. The molecule has 4 nitrogen and oxygen atoms in total. The molecule has 6 aromatic carbocycles. The predicted octanol–water partition coefficient (Wildman–Crippen LogP) is 8.93. The quantitative estimate of drug-likeness (QED) is 0.0305. The Hall–Kier alpha value is -7.21. The molecule has 0 saturated heterocycles. The van der Waals surface area contributed by atoms with E-state index in [9.17, 15) is 62.8 Å². The van der Waals surface area contributed by atoms with Crippen LogP contribution in [0.15, 0.2) is 66.9 Å². The van der Waals surface area contributed by atoms with Gasteiger partial charge in [0.15, 0.2) is 82.5 Å². The largest absolute Gasteiger partial charge is 0.502 e. The van der Waals surface area contributed by atoms with Crippen molar-refractivity contribution >= 4 is 44.6 Å². The lowest BCUT2D eigenvalue weighted by Gasteiger charge is -2.44. The van der Waals surface area contributed by atoms with Crippen LogP contribution in [0.3, 0.4) is 0 Å². The maximum Gasteiger partial charge on any atom is 0.502 e. The van der Waals surface area contributed by atoms with Crippen LogP contribution in [0, 0.1) is 126 Å². The second-order valence-corrected chi connectivity index (χ2v) is 13.4. The normalized spacial score (nSPS) is 11.6. The minimum absolute atomic E-state index is 0.104. The molecule has 338 valence electrons. The van der Waals surface area contributed by atoms with Crippen molar-refractivity contribution in [3.63, 3.8) is 0 Å². The first kappa shape index (κ1) is 47.3. The SMILES string of the molecule is Fc1c(F)c(F)c([B-](c2c(F)c(F)c(F)c(F)c2F)(c2c(F)c(F)c(F)c(F)c2F)c2c(F)c(F)c(F)c(F)c2F)c(F)c1F.O=[N+]([O-])c1cc2ccccc2c[n+]1Cc1ccccc1. The second-order valence-electron chi connectivity index (χ2n) is 13.4. The lowest BCUT2D eigenvalue weighted by molar-refractivity contribution is -0.728. The maximum absolute atomic E-state index is 15.4. The van der Waals surface area contributed by atoms with Crippen LogP contribution in [0.4, 0.5) is 93.6 Å². The van der Waals surface area contributed by atoms with Gasteiger partial charge in [0.2, 0.25) is 0 Å². The molecule has 65 heavy (non-hydrogen) atoms. The third-order valence-electron chi connectivity index (χ3n) is 9.96. The summed E-state index contributed by atoms with van der Waals surface area (Å²) >= 11 is 0. The molecular weight excluding hydrogens is 931 g/mol. The minimum atomic E-state index is -7.22. The number of hydrogen-bond acceptors (Lipinski definition) is 2. The molecule has 0 radical (unpaired) electrons. The third kappa shape index (κ3) is 7.40. The zero-order valence-corrected chi connectivity index (χ0v) is 30.9. The molecule has 0 unspecified atom stereocenters. The van der Waals surface area contributed by atoms with Gasteiger partial charge in [0.25, 0.3) is 0 Å². The number of aromatic nitrogens is 1. The Balaban J connectivity index is 0.000000289. The third-order valence-corrected chi connectivity index (χ3v) is 9.96. The first-order valence-corrected chi connectivity index (χ1v) is 17.3. The van der Waals surface area contributed by atoms with Gasteiger partial charge in [0.05, 0.1) is 6.07 Å². The molecule has 0 spiro atoms. The van der Waals surface area contributed by atoms with E-state index in [0.29, 0.717) is 6.54 Å². The monoisotopic (exact) mass is 944 g/mol. The van der Waals surface area contributed by atoms with Gasteiger partial charge in [0.1, 0.15) is 57.6 Å². The van der Waals surface area contributed by atoms with Crippen molar-refractivity contribution in [2.75, 3.05) is 0 Å². The number of nitrogens with zero attached hydrogens (tertiary/aromatic N) is 2. The van der Waals surface area contributed by atoms with E-state index < -0.39 is 144 Å². The Bertz CT molecular complexity index is 2740. The van der Waals surface area contributed by atoms with Crippen LogP contribution in [0.5, 0.6) is 0 Å². The zero-order chi connectivity index (χ0) is 48.3. The molecule has 1 heterocycles. The lowest BCUT2D eigenvalue weighted by Crippen LogP contribution is -2.81. The van der Waals surface area contributed by atoms with Crippen LogP contribution in [0.1, 0.15) is 5.56 Å². The summed E-state index contributed by atoms with van der Waals surface area (Å²) in [4.78, 5) is 10.9. The summed E-state index contributed by atoms with van der Waals surface area (Å²) in [6.07, 6.45) is -5.38. The van der Waals surface area contributed by atoms with E-state index in [4.69, 9.17) is 0 Å². The number of halogens is 20. The molecule has 0 N–H and O–H groups in total. The molecule has 1 aromatic heterocycles. The highest BCUT2D eigenvalue weighted by molar-refractivity contribution is 7.20. The van der Waals surface area contributed by atoms with Gasteiger partial charge in [-0.2, -0.15) is 0 Å². The number of fused-ring (bicyclic) bond motifs is 1. The topological polar surface area (TPSA) is 47.0 Å². The number of rotatable bonds is 7. The average molecular weight is 944 g/mol. The standard InChI is InChI=1S/C24BF20.C16H13N2O2/c26-5-1(6(27)14(35)21(42)13(5)34)25(2-7(28)15(36)22(43)16(37)8(2)29,3-9(30)17(38)23(44)18(39)10(3)31)4-11(32)19(40)24(45)20(41)12(4)33;19-18(20)16-10-14-8-4-5-9-15(14)12-17(16)11-13-6-2-1-3-7-13/h;1-10,12H,11H2/q-1;+1. The Labute approximate surface area is 347 Å². The number of benzene rings is 6. The van der Waals surface area contributed by atoms with Crippen LogP contribution in [-0.4, -0.2) is 11.1 Å². The molecule has 7 rings (SSSR count). The highest BCUT2D eigenvalue weighted by Crippen LogP contribution is 2.31. The van der Waals surface area contributed by atoms with Gasteiger partial charge >= 0.3 is 5.82 Å². The van der Waals surface area contributed by atoms with Crippen molar-refractivity contribution < 1.29 is 97.3 Å². The van der Waals surface area contributed by atoms with E-state index in [1.807, 2.05) is 60.8 Å². The van der Waals surface area contributed by atoms with Crippen molar-refractivity contribution in [1.82, 2.24) is 0 Å². The first-order valence-electron chi connectivity index (χ1n) is 17.3. The van der Waals surface area contributed by atoms with E-state index >= 15 is 35.1 Å². The molecule has 0 aliphatic carbocycles. The molecule has 25 heteroatoms. The fourth-order valence-electron chi connectivity index (χ4n) is 7.15. The molecule has 0 amide bonds. The average Bonchev–Trinajstić information content (AvgIpc) is 3.29. The highest BCUT2D eigenvalue weighted by Gasteiger charge is 2.52. The fraction of sp³-hybridized carbons (Fsp3) is 0.0250. The van der Waals surface area contributed by atoms with Crippen molar-refractivity contribution in [3.8, 4) is 0 Å². The van der Waals surface area contributed by atoms with Crippen LogP contribution in [-0.2, 0) is 6.54 Å². The lowest BCUT2D eigenvalue weighted by atomic mass is 9.12. The van der Waals surface area contributed by atoms with Crippen molar-refractivity contribution in [2.24, 2.45) is 0 Å². The summed E-state index contributed by atoms with van der Waals surface area (Å²) in [5.41, 5.74) is -13.3. The van der Waals surface area contributed by atoms with Crippen LogP contribution in [0.25, 0.3) is 10.8 Å².